The summed E-state index contributed by atoms with van der Waals surface area (Å²) in [5.74, 6) is 0.447. The summed E-state index contributed by atoms with van der Waals surface area (Å²) >= 11 is 0. The molecule has 0 bridgehead atoms. The number of nitrogens with one attached hydrogen (secondary N) is 1. The first-order valence-electron chi connectivity index (χ1n) is 7.37. The molecule has 0 heterocycles. The van der Waals surface area contributed by atoms with Crippen molar-refractivity contribution >= 4 is 5.91 Å². The van der Waals surface area contributed by atoms with Crippen molar-refractivity contribution in [3.8, 4) is 5.75 Å². The smallest absolute Gasteiger partial charge is 0.234 e. The minimum Gasteiger partial charge on any atom is -0.508 e. The van der Waals surface area contributed by atoms with Crippen LogP contribution in [0.15, 0.2) is 18.2 Å². The number of likely N-dealkylation sites (N-methyl/N-ethyl adjacent to an activating group) is 1. The Morgan fingerprint density at radius 3 is 2.90 bits per heavy atom. The summed E-state index contributed by atoms with van der Waals surface area (Å²) in [6.45, 7) is 7.25. The SMILES string of the molecule is CCN(CC(=O)NC(C)C)C1CCc2c(O)cccc21. The van der Waals surface area contributed by atoms with Crippen molar-refractivity contribution in [1.82, 2.24) is 10.2 Å². The summed E-state index contributed by atoms with van der Waals surface area (Å²) in [5, 5.41) is 12.8. The fraction of sp³-hybridized carbons (Fsp3) is 0.562. The van der Waals surface area contributed by atoms with Gasteiger partial charge >= 0.3 is 0 Å². The highest BCUT2D eigenvalue weighted by Gasteiger charge is 2.29. The normalized spacial score (nSPS) is 17.6. The van der Waals surface area contributed by atoms with Gasteiger partial charge in [0.25, 0.3) is 0 Å². The molecule has 110 valence electrons. The molecule has 1 atom stereocenters. The number of phenols is 1. The third kappa shape index (κ3) is 3.12. The Morgan fingerprint density at radius 2 is 2.25 bits per heavy atom. The van der Waals surface area contributed by atoms with E-state index in [0.29, 0.717) is 12.3 Å². The number of amides is 1. The number of carbonyl (C=O) groups excluding carboxylic acids is 1. The zero-order chi connectivity index (χ0) is 14.7. The number of rotatable bonds is 5. The molecule has 1 unspecified atom stereocenters. The monoisotopic (exact) mass is 276 g/mol. The van der Waals surface area contributed by atoms with Crippen LogP contribution in [0.4, 0.5) is 0 Å². The molecule has 0 saturated heterocycles. The van der Waals surface area contributed by atoms with Gasteiger partial charge in [-0.3, -0.25) is 9.69 Å². The van der Waals surface area contributed by atoms with Gasteiger partial charge in [-0.05, 0) is 50.4 Å². The van der Waals surface area contributed by atoms with E-state index in [1.807, 2.05) is 19.9 Å². The van der Waals surface area contributed by atoms with Crippen LogP contribution in [-0.2, 0) is 11.2 Å². The van der Waals surface area contributed by atoms with Gasteiger partial charge in [-0.25, -0.2) is 0 Å². The van der Waals surface area contributed by atoms with E-state index in [-0.39, 0.29) is 18.0 Å². The third-order valence-corrected chi connectivity index (χ3v) is 3.86. The van der Waals surface area contributed by atoms with Crippen molar-refractivity contribution in [2.45, 2.75) is 45.7 Å². The lowest BCUT2D eigenvalue weighted by Crippen LogP contribution is -2.41. The zero-order valence-electron chi connectivity index (χ0n) is 12.5. The lowest BCUT2D eigenvalue weighted by Gasteiger charge is -2.28. The Hall–Kier alpha value is -1.55. The number of phenolic OH excluding ortho intramolecular Hbond substituents is 1. The van der Waals surface area contributed by atoms with Crippen molar-refractivity contribution < 1.29 is 9.90 Å². The Bertz CT molecular complexity index is 485. The van der Waals surface area contributed by atoms with Crippen molar-refractivity contribution in [2.75, 3.05) is 13.1 Å². The predicted octanol–water partition coefficient (Wildman–Crippen LogP) is 2.23. The number of hydrogen-bond acceptors (Lipinski definition) is 3. The van der Waals surface area contributed by atoms with Gasteiger partial charge in [0.15, 0.2) is 0 Å². The molecular weight excluding hydrogens is 252 g/mol. The maximum atomic E-state index is 12.0. The van der Waals surface area contributed by atoms with E-state index in [9.17, 15) is 9.90 Å². The van der Waals surface area contributed by atoms with Crippen LogP contribution in [0.2, 0.25) is 0 Å². The number of carbonyl (C=O) groups is 1. The standard InChI is InChI=1S/C16H24N2O2/c1-4-18(10-16(20)17-11(2)3)14-9-8-13-12(14)6-5-7-15(13)19/h5-7,11,14,19H,4,8-10H2,1-3H3,(H,17,20). The first-order chi connectivity index (χ1) is 9.52. The van der Waals surface area contributed by atoms with Gasteiger partial charge in [0.2, 0.25) is 5.91 Å². The Kier molecular flexibility index (Phi) is 4.65. The molecule has 1 amide bonds. The van der Waals surface area contributed by atoms with Gasteiger partial charge in [-0.1, -0.05) is 19.1 Å². The number of hydrogen-bond donors (Lipinski definition) is 2. The summed E-state index contributed by atoms with van der Waals surface area (Å²) in [7, 11) is 0. The summed E-state index contributed by atoms with van der Waals surface area (Å²) < 4.78 is 0. The van der Waals surface area contributed by atoms with Crippen LogP contribution in [0.1, 0.15) is 44.4 Å². The number of benzene rings is 1. The second-order valence-electron chi connectivity index (χ2n) is 5.68. The Morgan fingerprint density at radius 1 is 1.50 bits per heavy atom. The van der Waals surface area contributed by atoms with Crippen LogP contribution in [0, 0.1) is 0 Å². The average molecular weight is 276 g/mol. The van der Waals surface area contributed by atoms with Crippen molar-refractivity contribution in [3.05, 3.63) is 29.3 Å². The average Bonchev–Trinajstić information content (AvgIpc) is 2.80. The van der Waals surface area contributed by atoms with Crippen LogP contribution >= 0.6 is 0 Å². The first kappa shape index (κ1) is 14.9. The van der Waals surface area contributed by atoms with E-state index in [1.165, 1.54) is 5.56 Å². The quantitative estimate of drug-likeness (QED) is 0.867. The molecule has 2 rings (SSSR count). The maximum Gasteiger partial charge on any atom is 0.234 e. The second-order valence-corrected chi connectivity index (χ2v) is 5.68. The molecule has 1 aliphatic carbocycles. The molecular formula is C16H24N2O2. The Balaban J connectivity index is 2.11. The summed E-state index contributed by atoms with van der Waals surface area (Å²) in [6.07, 6.45) is 1.85. The highest BCUT2D eigenvalue weighted by atomic mass is 16.3. The van der Waals surface area contributed by atoms with Gasteiger partial charge < -0.3 is 10.4 Å². The molecule has 1 aromatic carbocycles. The van der Waals surface area contributed by atoms with Gasteiger partial charge in [0.1, 0.15) is 5.75 Å². The van der Waals surface area contributed by atoms with E-state index in [0.717, 1.165) is 24.9 Å². The van der Waals surface area contributed by atoms with E-state index in [1.54, 1.807) is 6.07 Å². The predicted molar refractivity (Wildman–Crippen MR) is 79.7 cm³/mol. The number of fused-ring (bicyclic) bond motifs is 1. The third-order valence-electron chi connectivity index (χ3n) is 3.86. The van der Waals surface area contributed by atoms with E-state index >= 15 is 0 Å². The molecule has 0 radical (unpaired) electrons. The molecule has 2 N–H and O–H groups in total. The van der Waals surface area contributed by atoms with Gasteiger partial charge in [-0.15, -0.1) is 0 Å². The molecule has 0 fully saturated rings. The second kappa shape index (κ2) is 6.27. The Labute approximate surface area is 120 Å². The lowest BCUT2D eigenvalue weighted by molar-refractivity contribution is -0.123. The van der Waals surface area contributed by atoms with Crippen LogP contribution in [0.25, 0.3) is 0 Å². The van der Waals surface area contributed by atoms with Crippen molar-refractivity contribution in [1.29, 1.82) is 0 Å². The van der Waals surface area contributed by atoms with Crippen LogP contribution in [-0.4, -0.2) is 35.0 Å². The fourth-order valence-corrected chi connectivity index (χ4v) is 2.99. The maximum absolute atomic E-state index is 12.0. The molecule has 4 nitrogen and oxygen atoms in total. The van der Waals surface area contributed by atoms with Gasteiger partial charge in [0.05, 0.1) is 6.54 Å². The first-order valence-corrected chi connectivity index (χ1v) is 7.37. The number of nitrogens with zero attached hydrogens (tertiary/aromatic N) is 1. The lowest BCUT2D eigenvalue weighted by atomic mass is 10.1. The minimum absolute atomic E-state index is 0.0652. The van der Waals surface area contributed by atoms with Crippen LogP contribution in [0.3, 0.4) is 0 Å². The van der Waals surface area contributed by atoms with Gasteiger partial charge in [-0.2, -0.15) is 0 Å². The van der Waals surface area contributed by atoms with Crippen LogP contribution in [0.5, 0.6) is 5.75 Å². The molecule has 1 aromatic rings. The molecule has 0 aromatic heterocycles. The highest BCUT2D eigenvalue weighted by Crippen LogP contribution is 2.39. The summed E-state index contributed by atoms with van der Waals surface area (Å²) in [6, 6.07) is 6.09. The van der Waals surface area contributed by atoms with Gasteiger partial charge in [0, 0.05) is 12.1 Å². The molecule has 1 aliphatic rings. The topological polar surface area (TPSA) is 52.6 Å². The fourth-order valence-electron chi connectivity index (χ4n) is 2.99. The highest BCUT2D eigenvalue weighted by molar-refractivity contribution is 5.78. The van der Waals surface area contributed by atoms with Crippen molar-refractivity contribution in [3.63, 3.8) is 0 Å². The molecule has 0 spiro atoms. The largest absolute Gasteiger partial charge is 0.508 e. The zero-order valence-corrected chi connectivity index (χ0v) is 12.5. The van der Waals surface area contributed by atoms with E-state index in [4.69, 9.17) is 0 Å². The molecule has 0 aliphatic heterocycles. The van der Waals surface area contributed by atoms with Crippen molar-refractivity contribution in [2.24, 2.45) is 0 Å². The van der Waals surface area contributed by atoms with E-state index < -0.39 is 0 Å². The molecule has 4 heteroatoms. The van der Waals surface area contributed by atoms with Crippen LogP contribution < -0.4 is 5.32 Å². The summed E-state index contributed by atoms with van der Waals surface area (Å²) in [4.78, 5) is 14.1. The molecule has 20 heavy (non-hydrogen) atoms. The minimum atomic E-state index is 0.0652. The molecule has 0 saturated carbocycles. The summed E-state index contributed by atoms with van der Waals surface area (Å²) in [5.41, 5.74) is 2.21. The van der Waals surface area contributed by atoms with E-state index in [2.05, 4.69) is 23.2 Å². The number of aromatic hydroxyl groups is 1.